The van der Waals surface area contributed by atoms with Crippen LogP contribution in [0.15, 0.2) is 245 Å². The lowest BCUT2D eigenvalue weighted by atomic mass is 9.53. The van der Waals surface area contributed by atoms with E-state index < -0.39 is 5.41 Å². The first-order valence-electron chi connectivity index (χ1n) is 24.6. The van der Waals surface area contributed by atoms with Crippen molar-refractivity contribution in [3.63, 3.8) is 0 Å². The Balaban J connectivity index is 0.956. The number of hydrogen-bond acceptors (Lipinski definition) is 3. The van der Waals surface area contributed by atoms with E-state index in [0.29, 0.717) is 0 Å². The average molecular weight is 904 g/mol. The molecule has 0 atom stereocenters. The molecule has 2 aliphatic carbocycles. The van der Waals surface area contributed by atoms with Crippen LogP contribution in [0.5, 0.6) is 0 Å². The Labute approximate surface area is 409 Å². The first-order chi connectivity index (χ1) is 35.2. The Morgan fingerprint density at radius 1 is 0.338 bits per heavy atom. The fourth-order valence-corrected chi connectivity index (χ4v) is 12.9. The van der Waals surface area contributed by atoms with Crippen LogP contribution in [0.4, 0.5) is 17.1 Å². The normalized spacial score (nSPS) is 13.4. The maximum atomic E-state index is 6.57. The van der Waals surface area contributed by atoms with Gasteiger partial charge in [-0.15, -0.1) is 0 Å². The SMILES string of the molecule is c1cc2c3c(cccc3c1)C1(c3cccc4cccc(c34)C2)c2cccc3ccc(N(c4ccc(-c5cccc6c5oc5ccccc56)cc4)c4ccc(-c5cccc6c5oc5ccccc56)cc4)c1c23. The summed E-state index contributed by atoms with van der Waals surface area (Å²) in [4.78, 5) is 2.50. The summed E-state index contributed by atoms with van der Waals surface area (Å²) in [6.07, 6.45) is 0.867. The van der Waals surface area contributed by atoms with Crippen LogP contribution in [0.2, 0.25) is 0 Å². The first-order valence-corrected chi connectivity index (χ1v) is 24.6. The zero-order chi connectivity index (χ0) is 46.4. The molecule has 3 heteroatoms. The van der Waals surface area contributed by atoms with Crippen molar-refractivity contribution in [2.75, 3.05) is 4.90 Å². The van der Waals surface area contributed by atoms with E-state index in [0.717, 1.165) is 89.6 Å². The van der Waals surface area contributed by atoms with Gasteiger partial charge in [0.1, 0.15) is 22.3 Å². The molecular weight excluding hydrogens is 863 g/mol. The lowest BCUT2D eigenvalue weighted by molar-refractivity contribution is 0.669. The molecule has 0 N–H and O–H groups in total. The molecule has 0 saturated heterocycles. The summed E-state index contributed by atoms with van der Waals surface area (Å²) in [6, 6.07) is 87.2. The molecule has 1 spiro atoms. The van der Waals surface area contributed by atoms with E-state index in [2.05, 4.69) is 229 Å². The van der Waals surface area contributed by atoms with E-state index in [-0.39, 0.29) is 0 Å². The summed E-state index contributed by atoms with van der Waals surface area (Å²) in [5.74, 6) is 0. The summed E-state index contributed by atoms with van der Waals surface area (Å²) in [6.45, 7) is 0. The molecule has 2 aromatic heterocycles. The molecule has 0 unspecified atom stereocenters. The number of nitrogens with zero attached hydrogens (tertiary/aromatic N) is 1. The maximum Gasteiger partial charge on any atom is 0.143 e. The predicted octanol–water partition coefficient (Wildman–Crippen LogP) is 18.3. The van der Waals surface area contributed by atoms with Gasteiger partial charge in [-0.3, -0.25) is 0 Å². The summed E-state index contributed by atoms with van der Waals surface area (Å²) >= 11 is 0. The van der Waals surface area contributed by atoms with E-state index in [9.17, 15) is 0 Å². The van der Waals surface area contributed by atoms with Crippen molar-refractivity contribution in [1.82, 2.24) is 0 Å². The highest BCUT2D eigenvalue weighted by atomic mass is 16.3. The van der Waals surface area contributed by atoms with Gasteiger partial charge in [0.2, 0.25) is 0 Å². The third-order valence-electron chi connectivity index (χ3n) is 15.9. The van der Waals surface area contributed by atoms with Crippen molar-refractivity contribution in [3.8, 4) is 22.3 Å². The number of rotatable bonds is 5. The summed E-state index contributed by atoms with van der Waals surface area (Å²) < 4.78 is 13.1. The minimum absolute atomic E-state index is 0.594. The van der Waals surface area contributed by atoms with Gasteiger partial charge in [0.15, 0.2) is 0 Å². The maximum absolute atomic E-state index is 6.57. The molecule has 0 bridgehead atoms. The van der Waals surface area contributed by atoms with Gasteiger partial charge in [0, 0.05) is 49.6 Å². The highest BCUT2D eigenvalue weighted by Gasteiger charge is 2.52. The van der Waals surface area contributed by atoms with Gasteiger partial charge < -0.3 is 13.7 Å². The molecule has 16 rings (SSSR count). The number of furan rings is 2. The van der Waals surface area contributed by atoms with Gasteiger partial charge in [-0.25, -0.2) is 0 Å². The second-order valence-electron chi connectivity index (χ2n) is 19.4. The van der Waals surface area contributed by atoms with Gasteiger partial charge in [-0.1, -0.05) is 194 Å². The Hall–Kier alpha value is -9.18. The molecule has 14 aromatic rings. The molecule has 3 nitrogen and oxygen atoms in total. The van der Waals surface area contributed by atoms with E-state index in [4.69, 9.17) is 8.83 Å². The molecule has 0 saturated carbocycles. The topological polar surface area (TPSA) is 29.5 Å². The third kappa shape index (κ3) is 5.27. The number of benzene rings is 12. The van der Waals surface area contributed by atoms with Crippen LogP contribution in [0.3, 0.4) is 0 Å². The fraction of sp³-hybridized carbons (Fsp3) is 0.0294. The monoisotopic (exact) mass is 903 g/mol. The molecule has 0 radical (unpaired) electrons. The third-order valence-corrected chi connectivity index (χ3v) is 15.9. The number of fused-ring (bicyclic) bond motifs is 10. The van der Waals surface area contributed by atoms with Gasteiger partial charge >= 0.3 is 0 Å². The van der Waals surface area contributed by atoms with E-state index in [1.165, 1.54) is 65.7 Å². The zero-order valence-electron chi connectivity index (χ0n) is 38.5. The van der Waals surface area contributed by atoms with Crippen LogP contribution in [0.1, 0.15) is 33.4 Å². The Morgan fingerprint density at radius 2 is 0.761 bits per heavy atom. The van der Waals surface area contributed by atoms with Gasteiger partial charge in [-0.05, 0) is 120 Å². The predicted molar refractivity (Wildman–Crippen MR) is 294 cm³/mol. The first kappa shape index (κ1) is 38.8. The number of anilines is 3. The van der Waals surface area contributed by atoms with Crippen molar-refractivity contribution in [1.29, 1.82) is 0 Å². The second-order valence-corrected chi connectivity index (χ2v) is 19.4. The lowest BCUT2D eigenvalue weighted by Gasteiger charge is -2.49. The van der Waals surface area contributed by atoms with E-state index in [1.54, 1.807) is 0 Å². The summed E-state index contributed by atoms with van der Waals surface area (Å²) in [5.41, 5.74) is 18.7. The molecule has 2 heterocycles. The van der Waals surface area contributed by atoms with Crippen molar-refractivity contribution < 1.29 is 8.83 Å². The Morgan fingerprint density at radius 3 is 1.27 bits per heavy atom. The Bertz CT molecular complexity index is 4300. The quantitative estimate of drug-likeness (QED) is 0.172. The minimum atomic E-state index is -0.594. The molecule has 0 aliphatic heterocycles. The van der Waals surface area contributed by atoms with Crippen molar-refractivity contribution in [2.24, 2.45) is 0 Å². The highest BCUT2D eigenvalue weighted by Crippen LogP contribution is 2.64. The van der Waals surface area contributed by atoms with Crippen LogP contribution in [-0.4, -0.2) is 0 Å². The van der Waals surface area contributed by atoms with Gasteiger partial charge in [-0.2, -0.15) is 0 Å². The highest BCUT2D eigenvalue weighted by molar-refractivity contribution is 6.13. The van der Waals surface area contributed by atoms with Gasteiger partial charge in [0.25, 0.3) is 0 Å². The van der Waals surface area contributed by atoms with Crippen LogP contribution < -0.4 is 4.90 Å². The standard InChI is InChI=1S/C68H41NO2/c1-3-28-60-52(19-1)54-23-10-21-50(66(54)70-60)41-30-35-48(36-31-41)69(49-37-32-42(33-38-49)51-22-11-24-55-53-20-2-4-29-61(53)71-67(51)55)59-39-34-45-16-9-27-58-64(45)65(59)68(58)56-25-7-14-43-12-5-17-46(62(43)56)40-47-18-6-13-44-15-8-26-57(68)63(44)47/h1-39H,40H2. The number of hydrogen-bond donors (Lipinski definition) is 0. The summed E-state index contributed by atoms with van der Waals surface area (Å²) in [5, 5.41) is 12.3. The van der Waals surface area contributed by atoms with Crippen LogP contribution >= 0.6 is 0 Å². The molecule has 0 amide bonds. The van der Waals surface area contributed by atoms with Crippen LogP contribution in [-0.2, 0) is 11.8 Å². The molecule has 2 aliphatic rings. The number of para-hydroxylation sites is 4. The molecular formula is C68H41NO2. The van der Waals surface area contributed by atoms with Crippen molar-refractivity contribution in [2.45, 2.75) is 11.8 Å². The molecule has 0 fully saturated rings. The van der Waals surface area contributed by atoms with Crippen LogP contribution in [0, 0.1) is 0 Å². The fourth-order valence-electron chi connectivity index (χ4n) is 12.9. The van der Waals surface area contributed by atoms with Gasteiger partial charge in [0.05, 0.1) is 11.1 Å². The smallest absolute Gasteiger partial charge is 0.143 e. The summed E-state index contributed by atoms with van der Waals surface area (Å²) in [7, 11) is 0. The Kier molecular flexibility index (Phi) is 7.87. The largest absolute Gasteiger partial charge is 0.455 e. The average Bonchev–Trinajstić information content (AvgIpc) is 4.00. The minimum Gasteiger partial charge on any atom is -0.455 e. The van der Waals surface area contributed by atoms with Crippen LogP contribution in [0.25, 0.3) is 98.4 Å². The van der Waals surface area contributed by atoms with Crippen molar-refractivity contribution >= 4 is 93.3 Å². The van der Waals surface area contributed by atoms with E-state index >= 15 is 0 Å². The molecule has 330 valence electrons. The van der Waals surface area contributed by atoms with E-state index in [1.807, 2.05) is 12.1 Å². The van der Waals surface area contributed by atoms with Crippen molar-refractivity contribution in [3.05, 3.63) is 270 Å². The molecule has 12 aromatic carbocycles. The lowest BCUT2D eigenvalue weighted by Crippen LogP contribution is -2.40. The zero-order valence-corrected chi connectivity index (χ0v) is 38.5. The molecule has 71 heavy (non-hydrogen) atoms. The second kappa shape index (κ2) is 14.4.